The van der Waals surface area contributed by atoms with Gasteiger partial charge in [0.05, 0.1) is 36.8 Å². The lowest BCUT2D eigenvalue weighted by Crippen LogP contribution is -2.44. The Morgan fingerprint density at radius 3 is 2.79 bits per heavy atom. The number of morpholine rings is 1. The average Bonchev–Trinajstić information content (AvgIpc) is 3.13. The SMILES string of the molecule is Cc1noc(C)c1C(=O)N1CCOC[C@H]1c1[nH]ncc1S(C)(=O)=O. The third kappa shape index (κ3) is 2.82. The number of H-pyrrole nitrogens is 1. The highest BCUT2D eigenvalue weighted by Crippen LogP contribution is 2.30. The molecular formula is C14H18N4O5S. The van der Waals surface area contributed by atoms with Gasteiger partial charge in [-0.3, -0.25) is 9.89 Å². The molecule has 1 N–H and O–H groups in total. The lowest BCUT2D eigenvalue weighted by molar-refractivity contribution is -0.00480. The van der Waals surface area contributed by atoms with Crippen molar-refractivity contribution in [3.05, 3.63) is 28.9 Å². The van der Waals surface area contributed by atoms with Crippen LogP contribution in [0.2, 0.25) is 0 Å². The quantitative estimate of drug-likeness (QED) is 0.859. The van der Waals surface area contributed by atoms with Gasteiger partial charge in [-0.25, -0.2) is 8.42 Å². The van der Waals surface area contributed by atoms with Crippen molar-refractivity contribution >= 4 is 15.7 Å². The van der Waals surface area contributed by atoms with Gasteiger partial charge in [-0.1, -0.05) is 5.16 Å². The highest BCUT2D eigenvalue weighted by molar-refractivity contribution is 7.90. The fraction of sp³-hybridized carbons (Fsp3) is 0.500. The monoisotopic (exact) mass is 354 g/mol. The number of hydrogen-bond acceptors (Lipinski definition) is 7. The summed E-state index contributed by atoms with van der Waals surface area (Å²) in [5.41, 5.74) is 1.23. The van der Waals surface area contributed by atoms with Crippen molar-refractivity contribution in [2.24, 2.45) is 0 Å². The molecule has 0 saturated carbocycles. The first-order valence-electron chi connectivity index (χ1n) is 7.35. The Bertz CT molecular complexity index is 850. The second-order valence-corrected chi connectivity index (χ2v) is 7.69. The van der Waals surface area contributed by atoms with Gasteiger partial charge in [0.1, 0.15) is 16.2 Å². The van der Waals surface area contributed by atoms with E-state index in [4.69, 9.17) is 9.26 Å². The molecular weight excluding hydrogens is 336 g/mol. The molecule has 0 aliphatic carbocycles. The maximum Gasteiger partial charge on any atom is 0.260 e. The van der Waals surface area contributed by atoms with Crippen molar-refractivity contribution < 1.29 is 22.5 Å². The summed E-state index contributed by atoms with van der Waals surface area (Å²) in [5.74, 6) is 0.157. The van der Waals surface area contributed by atoms with Crippen LogP contribution < -0.4 is 0 Å². The molecule has 1 fully saturated rings. The van der Waals surface area contributed by atoms with Crippen molar-refractivity contribution in [1.29, 1.82) is 0 Å². The molecule has 1 aliphatic heterocycles. The van der Waals surface area contributed by atoms with Crippen LogP contribution >= 0.6 is 0 Å². The second-order valence-electron chi connectivity index (χ2n) is 5.71. The number of hydrogen-bond donors (Lipinski definition) is 1. The predicted molar refractivity (Wildman–Crippen MR) is 82.3 cm³/mol. The first kappa shape index (κ1) is 16.7. The van der Waals surface area contributed by atoms with E-state index >= 15 is 0 Å². The van der Waals surface area contributed by atoms with E-state index in [1.165, 1.54) is 6.20 Å². The lowest BCUT2D eigenvalue weighted by Gasteiger charge is -2.35. The van der Waals surface area contributed by atoms with E-state index in [1.807, 2.05) is 0 Å². The van der Waals surface area contributed by atoms with Crippen LogP contribution in [0, 0.1) is 13.8 Å². The highest BCUT2D eigenvalue weighted by Gasteiger charge is 2.35. The summed E-state index contributed by atoms with van der Waals surface area (Å²) in [5, 5.41) is 10.3. The molecule has 0 unspecified atom stereocenters. The molecule has 2 aromatic heterocycles. The first-order chi connectivity index (χ1) is 11.3. The maximum atomic E-state index is 13.0. The van der Waals surface area contributed by atoms with E-state index in [0.717, 1.165) is 6.26 Å². The van der Waals surface area contributed by atoms with Crippen LogP contribution in [0.5, 0.6) is 0 Å². The number of rotatable bonds is 3. The van der Waals surface area contributed by atoms with Gasteiger partial charge in [-0.2, -0.15) is 5.10 Å². The van der Waals surface area contributed by atoms with Crippen LogP contribution in [0.4, 0.5) is 0 Å². The Kier molecular flexibility index (Phi) is 4.18. The Balaban J connectivity index is 2.01. The molecule has 9 nitrogen and oxygen atoms in total. The Morgan fingerprint density at radius 1 is 1.42 bits per heavy atom. The summed E-state index contributed by atoms with van der Waals surface area (Å²) < 4.78 is 34.4. The molecule has 2 aromatic rings. The summed E-state index contributed by atoms with van der Waals surface area (Å²) in [4.78, 5) is 14.6. The van der Waals surface area contributed by atoms with E-state index in [2.05, 4.69) is 15.4 Å². The predicted octanol–water partition coefficient (Wildman–Crippen LogP) is 0.632. The third-order valence-corrected chi connectivity index (χ3v) is 5.13. The minimum absolute atomic E-state index is 0.0644. The molecule has 0 bridgehead atoms. The van der Waals surface area contributed by atoms with Gasteiger partial charge in [0.15, 0.2) is 9.84 Å². The molecule has 0 aromatic carbocycles. The van der Waals surface area contributed by atoms with E-state index in [1.54, 1.807) is 18.7 Å². The first-order valence-corrected chi connectivity index (χ1v) is 9.24. The van der Waals surface area contributed by atoms with Gasteiger partial charge in [-0.15, -0.1) is 0 Å². The van der Waals surface area contributed by atoms with Crippen molar-refractivity contribution in [3.8, 4) is 0 Å². The molecule has 0 spiro atoms. The molecule has 1 saturated heterocycles. The molecule has 1 atom stereocenters. The van der Waals surface area contributed by atoms with E-state index in [9.17, 15) is 13.2 Å². The number of nitrogens with zero attached hydrogens (tertiary/aromatic N) is 3. The van der Waals surface area contributed by atoms with E-state index in [0.29, 0.717) is 35.9 Å². The number of aromatic amines is 1. The zero-order valence-corrected chi connectivity index (χ0v) is 14.4. The average molecular weight is 354 g/mol. The van der Waals surface area contributed by atoms with Gasteiger partial charge >= 0.3 is 0 Å². The van der Waals surface area contributed by atoms with Crippen molar-refractivity contribution in [1.82, 2.24) is 20.3 Å². The molecule has 1 aliphatic rings. The third-order valence-electron chi connectivity index (χ3n) is 4.00. The molecule has 3 rings (SSSR count). The zero-order valence-electron chi connectivity index (χ0n) is 13.6. The highest BCUT2D eigenvalue weighted by atomic mass is 32.2. The fourth-order valence-electron chi connectivity index (χ4n) is 2.84. The van der Waals surface area contributed by atoms with Crippen LogP contribution in [0.1, 0.15) is 33.5 Å². The smallest absolute Gasteiger partial charge is 0.260 e. The topological polar surface area (TPSA) is 118 Å². The standard InChI is InChI=1S/C14H18N4O5S/c1-8-12(9(2)23-17-8)14(19)18-4-5-22-7-10(18)13-11(6-15-16-13)24(3,20)21/h6,10H,4-5,7H2,1-3H3,(H,15,16)/t10-/m0/s1. The van der Waals surface area contributed by atoms with Crippen molar-refractivity contribution in [3.63, 3.8) is 0 Å². The van der Waals surface area contributed by atoms with Gasteiger partial charge in [-0.05, 0) is 13.8 Å². The minimum Gasteiger partial charge on any atom is -0.377 e. The second kappa shape index (κ2) is 6.02. The fourth-order valence-corrected chi connectivity index (χ4v) is 3.66. The van der Waals surface area contributed by atoms with Crippen LogP contribution in [0.15, 0.2) is 15.6 Å². The molecule has 10 heteroatoms. The van der Waals surface area contributed by atoms with Crippen molar-refractivity contribution in [2.45, 2.75) is 24.8 Å². The molecule has 24 heavy (non-hydrogen) atoms. The van der Waals surface area contributed by atoms with Gasteiger partial charge in [0, 0.05) is 12.8 Å². The van der Waals surface area contributed by atoms with Crippen LogP contribution in [0.3, 0.4) is 0 Å². The molecule has 1 amide bonds. The number of ether oxygens (including phenoxy) is 1. The number of carbonyl (C=O) groups excluding carboxylic acids is 1. The number of sulfone groups is 1. The normalized spacial score (nSPS) is 18.8. The molecule has 130 valence electrons. The summed E-state index contributed by atoms with van der Waals surface area (Å²) in [6.45, 7) is 4.24. The lowest BCUT2D eigenvalue weighted by atomic mass is 10.1. The van der Waals surface area contributed by atoms with Gasteiger partial charge in [0.25, 0.3) is 5.91 Å². The maximum absolute atomic E-state index is 13.0. The van der Waals surface area contributed by atoms with Crippen LogP contribution in [-0.4, -0.2) is 60.6 Å². The zero-order chi connectivity index (χ0) is 17.5. The summed E-state index contributed by atoms with van der Waals surface area (Å²) >= 11 is 0. The van der Waals surface area contributed by atoms with Gasteiger partial charge < -0.3 is 14.2 Å². The van der Waals surface area contributed by atoms with Crippen molar-refractivity contribution in [2.75, 3.05) is 26.0 Å². The number of amides is 1. The Hall–Kier alpha value is -2.20. The summed E-state index contributed by atoms with van der Waals surface area (Å²) in [7, 11) is -3.48. The largest absolute Gasteiger partial charge is 0.377 e. The summed E-state index contributed by atoms with van der Waals surface area (Å²) in [6, 6.07) is -0.577. The Morgan fingerprint density at radius 2 is 2.17 bits per heavy atom. The number of nitrogens with one attached hydrogen (secondary N) is 1. The number of aryl methyl sites for hydroxylation is 2. The van der Waals surface area contributed by atoms with E-state index in [-0.39, 0.29) is 17.4 Å². The van der Waals surface area contributed by atoms with Crippen LogP contribution in [-0.2, 0) is 14.6 Å². The number of aromatic nitrogens is 3. The molecule has 3 heterocycles. The van der Waals surface area contributed by atoms with Crippen LogP contribution in [0.25, 0.3) is 0 Å². The summed E-state index contributed by atoms with van der Waals surface area (Å²) in [6.07, 6.45) is 2.35. The number of carbonyl (C=O) groups is 1. The minimum atomic E-state index is -3.48. The van der Waals surface area contributed by atoms with E-state index < -0.39 is 15.9 Å². The van der Waals surface area contributed by atoms with Gasteiger partial charge in [0.2, 0.25) is 0 Å². The molecule has 0 radical (unpaired) electrons. The Labute approximate surface area is 138 Å².